The fourth-order valence-electron chi connectivity index (χ4n) is 6.72. The summed E-state index contributed by atoms with van der Waals surface area (Å²) in [5.74, 6) is -3.38. The summed E-state index contributed by atoms with van der Waals surface area (Å²) in [5, 5.41) is 10.5. The van der Waals surface area contributed by atoms with Gasteiger partial charge in [0, 0.05) is 36.9 Å². The van der Waals surface area contributed by atoms with Crippen LogP contribution in [0.4, 0.5) is 33.3 Å². The third kappa shape index (κ3) is 4.40. The van der Waals surface area contributed by atoms with Crippen LogP contribution < -0.4 is 21.1 Å². The van der Waals surface area contributed by atoms with Gasteiger partial charge in [-0.3, -0.25) is 4.79 Å². The number of nitrogen functional groups attached to an aromatic ring is 1. The average Bonchev–Trinajstić information content (AvgIpc) is 3.57. The van der Waals surface area contributed by atoms with Gasteiger partial charge in [0.1, 0.15) is 29.5 Å². The quantitative estimate of drug-likeness (QED) is 0.230. The highest BCUT2D eigenvalue weighted by Gasteiger charge is 2.49. The molecule has 2 bridgehead atoms. The lowest BCUT2D eigenvalue weighted by Crippen LogP contribution is -2.63. The molecule has 7 rings (SSSR count). The number of alkyl halides is 3. The number of hydrogen-bond donors (Lipinski definition) is 3. The molecule has 4 aromatic rings. The van der Waals surface area contributed by atoms with Gasteiger partial charge in [-0.05, 0) is 49.9 Å². The standard InChI is InChI=1S/C29H27F5N8O2/c1-12-21(29(32,33)34)16(7-17(35)22(12)30)24-23(31)25(36-8-14-3-6-19-37-11-38-42(19)9-14)20-27(40-24)44-13(2)26-18-5-4-15(39-18)10-41(26)28(20)43/h3,6-7,9,11,13,15,18,26,39H,4-5,8,10,35H2,1-2H3,(H,36,40)/t13-,15+,18-,26+/m0/s1. The van der Waals surface area contributed by atoms with E-state index in [0.29, 0.717) is 23.8 Å². The summed E-state index contributed by atoms with van der Waals surface area (Å²) in [6.45, 7) is 2.97. The number of pyridine rings is 2. The monoisotopic (exact) mass is 614 g/mol. The summed E-state index contributed by atoms with van der Waals surface area (Å²) >= 11 is 0. The van der Waals surface area contributed by atoms with E-state index in [9.17, 15) is 22.4 Å². The first kappa shape index (κ1) is 28.3. The number of carbonyl (C=O) groups excluding carboxylic acids is 1. The van der Waals surface area contributed by atoms with E-state index in [-0.39, 0.29) is 35.8 Å². The number of nitrogens with one attached hydrogen (secondary N) is 2. The Balaban J connectivity index is 1.42. The molecule has 230 valence electrons. The molecule has 0 aliphatic carbocycles. The number of halogens is 5. The summed E-state index contributed by atoms with van der Waals surface area (Å²) in [6.07, 6.45) is -1.04. The Labute approximate surface area is 247 Å². The summed E-state index contributed by atoms with van der Waals surface area (Å²) in [7, 11) is 0. The van der Waals surface area contributed by atoms with E-state index >= 15 is 4.39 Å². The van der Waals surface area contributed by atoms with Gasteiger partial charge in [0.2, 0.25) is 5.88 Å². The van der Waals surface area contributed by atoms with Crippen LogP contribution in [0.25, 0.3) is 16.9 Å². The van der Waals surface area contributed by atoms with Crippen molar-refractivity contribution in [2.75, 3.05) is 17.6 Å². The SMILES string of the molecule is Cc1c(F)c(N)cc(-c2nc3c(c(NCc4ccc5ncnn5c4)c2F)C(=O)N2C[C@H]4CC[C@H](N4)[C@H]2[C@H](C)O3)c1C(F)(F)F. The molecule has 4 atom stereocenters. The van der Waals surface area contributed by atoms with E-state index in [4.69, 9.17) is 10.5 Å². The van der Waals surface area contributed by atoms with E-state index in [1.807, 2.05) is 0 Å². The molecule has 0 spiro atoms. The Kier molecular flexibility index (Phi) is 6.43. The van der Waals surface area contributed by atoms with E-state index in [1.54, 1.807) is 30.2 Å². The smallest absolute Gasteiger partial charge is 0.417 e. The minimum Gasteiger partial charge on any atom is -0.472 e. The molecule has 10 nitrogen and oxygen atoms in total. The molecule has 2 fully saturated rings. The highest BCUT2D eigenvalue weighted by molar-refractivity contribution is 6.03. The molecule has 6 heterocycles. The van der Waals surface area contributed by atoms with Crippen LogP contribution in [0.1, 0.15) is 46.8 Å². The largest absolute Gasteiger partial charge is 0.472 e. The number of benzene rings is 1. The molecular weight excluding hydrogens is 587 g/mol. The van der Waals surface area contributed by atoms with Gasteiger partial charge in [-0.1, -0.05) is 6.07 Å². The molecule has 4 N–H and O–H groups in total. The predicted molar refractivity (Wildman–Crippen MR) is 149 cm³/mol. The summed E-state index contributed by atoms with van der Waals surface area (Å²) in [6, 6.07) is 3.67. The van der Waals surface area contributed by atoms with Crippen LogP contribution >= 0.6 is 0 Å². The minimum atomic E-state index is -5.08. The van der Waals surface area contributed by atoms with Gasteiger partial charge in [-0.15, -0.1) is 0 Å². The number of piperazine rings is 1. The van der Waals surface area contributed by atoms with Gasteiger partial charge >= 0.3 is 6.18 Å². The number of rotatable bonds is 4. The lowest BCUT2D eigenvalue weighted by atomic mass is 9.95. The van der Waals surface area contributed by atoms with Gasteiger partial charge in [-0.2, -0.15) is 18.3 Å². The van der Waals surface area contributed by atoms with Crippen molar-refractivity contribution in [2.24, 2.45) is 0 Å². The van der Waals surface area contributed by atoms with E-state index in [1.165, 1.54) is 10.8 Å². The first-order valence-electron chi connectivity index (χ1n) is 14.1. The number of hydrogen-bond acceptors (Lipinski definition) is 8. The second kappa shape index (κ2) is 10.0. The molecule has 0 radical (unpaired) electrons. The summed E-state index contributed by atoms with van der Waals surface area (Å²) in [4.78, 5) is 24.1. The number of nitrogens with two attached hydrogens (primary N) is 1. The van der Waals surface area contributed by atoms with Crippen LogP contribution in [0.5, 0.6) is 5.88 Å². The molecule has 0 unspecified atom stereocenters. The number of amides is 1. The Bertz CT molecular complexity index is 1830. The maximum absolute atomic E-state index is 16.7. The zero-order valence-corrected chi connectivity index (χ0v) is 23.5. The predicted octanol–water partition coefficient (Wildman–Crippen LogP) is 4.32. The van der Waals surface area contributed by atoms with Crippen LogP contribution in [0.3, 0.4) is 0 Å². The van der Waals surface area contributed by atoms with Crippen LogP contribution in [0, 0.1) is 18.6 Å². The van der Waals surface area contributed by atoms with Crippen molar-refractivity contribution in [3.8, 4) is 17.1 Å². The fourth-order valence-corrected chi connectivity index (χ4v) is 6.72. The van der Waals surface area contributed by atoms with Gasteiger partial charge in [0.25, 0.3) is 5.91 Å². The van der Waals surface area contributed by atoms with Crippen molar-refractivity contribution in [3.63, 3.8) is 0 Å². The molecule has 15 heteroatoms. The number of anilines is 2. The number of carbonyl (C=O) groups is 1. The Morgan fingerprint density at radius 3 is 2.77 bits per heavy atom. The van der Waals surface area contributed by atoms with Gasteiger partial charge < -0.3 is 26.0 Å². The average molecular weight is 615 g/mol. The lowest BCUT2D eigenvalue weighted by molar-refractivity contribution is -0.137. The highest BCUT2D eigenvalue weighted by Crippen LogP contribution is 2.46. The van der Waals surface area contributed by atoms with E-state index < -0.39 is 63.9 Å². The lowest BCUT2D eigenvalue weighted by Gasteiger charge is -2.41. The van der Waals surface area contributed by atoms with Crippen molar-refractivity contribution in [2.45, 2.75) is 63.6 Å². The topological polar surface area (TPSA) is 123 Å². The van der Waals surface area contributed by atoms with Crippen LogP contribution in [0.2, 0.25) is 0 Å². The van der Waals surface area contributed by atoms with Crippen molar-refractivity contribution >= 4 is 22.9 Å². The van der Waals surface area contributed by atoms with Crippen LogP contribution in [0.15, 0.2) is 30.7 Å². The minimum absolute atomic E-state index is 0.0433. The second-order valence-corrected chi connectivity index (χ2v) is 11.4. The van der Waals surface area contributed by atoms with Gasteiger partial charge in [-0.25, -0.2) is 23.3 Å². The normalized spacial score (nSPS) is 22.9. The van der Waals surface area contributed by atoms with Crippen molar-refractivity contribution in [3.05, 3.63) is 64.6 Å². The molecule has 3 aromatic heterocycles. The van der Waals surface area contributed by atoms with Gasteiger partial charge in [0.15, 0.2) is 11.5 Å². The highest BCUT2D eigenvalue weighted by atomic mass is 19.4. The molecule has 0 saturated carbocycles. The van der Waals surface area contributed by atoms with Crippen molar-refractivity contribution in [1.29, 1.82) is 0 Å². The third-order valence-electron chi connectivity index (χ3n) is 8.69. The number of ether oxygens (including phenoxy) is 1. The molecule has 3 aliphatic rings. The number of nitrogens with zero attached hydrogens (tertiary/aromatic N) is 5. The Morgan fingerprint density at radius 2 is 2.00 bits per heavy atom. The summed E-state index contributed by atoms with van der Waals surface area (Å²) in [5.41, 5.74) is 1.91. The van der Waals surface area contributed by atoms with Crippen molar-refractivity contribution in [1.82, 2.24) is 29.8 Å². The maximum atomic E-state index is 16.7. The van der Waals surface area contributed by atoms with Crippen LogP contribution in [-0.4, -0.2) is 61.2 Å². The van der Waals surface area contributed by atoms with Crippen LogP contribution in [-0.2, 0) is 12.7 Å². The first-order chi connectivity index (χ1) is 20.9. The zero-order valence-electron chi connectivity index (χ0n) is 23.5. The molecular formula is C29H27F5N8O2. The fraction of sp³-hybridized carbons (Fsp3) is 0.379. The summed E-state index contributed by atoms with van der Waals surface area (Å²) < 4.78 is 82.0. The Morgan fingerprint density at radius 1 is 1.20 bits per heavy atom. The first-order valence-corrected chi connectivity index (χ1v) is 14.1. The van der Waals surface area contributed by atoms with Gasteiger partial charge in [0.05, 0.1) is 23.0 Å². The molecule has 3 aliphatic heterocycles. The molecule has 2 saturated heterocycles. The second-order valence-electron chi connectivity index (χ2n) is 11.4. The molecule has 1 aromatic carbocycles. The van der Waals surface area contributed by atoms with E-state index in [0.717, 1.165) is 19.8 Å². The van der Waals surface area contributed by atoms with Crippen molar-refractivity contribution < 1.29 is 31.5 Å². The maximum Gasteiger partial charge on any atom is 0.417 e. The molecule has 1 amide bonds. The number of aromatic nitrogens is 4. The third-order valence-corrected chi connectivity index (χ3v) is 8.69. The van der Waals surface area contributed by atoms with E-state index in [2.05, 4.69) is 25.7 Å². The molecule has 44 heavy (non-hydrogen) atoms. The zero-order chi connectivity index (χ0) is 31.1. The number of fused-ring (bicyclic) bond motifs is 6. The Hall–Kier alpha value is -4.53.